The molecule has 0 amide bonds. The lowest BCUT2D eigenvalue weighted by Crippen LogP contribution is -2.67. The quantitative estimate of drug-likeness (QED) is 0.448. The number of aliphatic carboxylic acids is 1. The third kappa shape index (κ3) is 3.86. The van der Waals surface area contributed by atoms with Gasteiger partial charge in [0.25, 0.3) is 0 Å². The fourth-order valence-corrected chi connectivity index (χ4v) is 6.00. The van der Waals surface area contributed by atoms with Gasteiger partial charge in [-0.3, -0.25) is 19.6 Å². The lowest BCUT2D eigenvalue weighted by atomic mass is 10.0. The molecule has 166 valence electrons. The maximum absolute atomic E-state index is 13.2. The molecule has 0 radical (unpaired) electrons. The SMILES string of the molecule is CCCC1CN1C(N1CC1CCC)C(C(=O)O)(N1CC1CCC)N1CC1CCC. The summed E-state index contributed by atoms with van der Waals surface area (Å²) in [6.07, 6.45) is 9.24. The Bertz CT molecular complexity index is 559. The van der Waals surface area contributed by atoms with Gasteiger partial charge in [0.05, 0.1) is 0 Å². The van der Waals surface area contributed by atoms with Crippen LogP contribution in [0.3, 0.4) is 0 Å². The number of rotatable bonds is 14. The van der Waals surface area contributed by atoms with Crippen LogP contribution in [0.2, 0.25) is 0 Å². The normalized spacial score (nSPS) is 42.8. The van der Waals surface area contributed by atoms with Crippen LogP contribution in [0.25, 0.3) is 0 Å². The van der Waals surface area contributed by atoms with E-state index in [0.717, 1.165) is 51.9 Å². The van der Waals surface area contributed by atoms with Crippen molar-refractivity contribution in [2.24, 2.45) is 0 Å². The number of carboxylic acid groups (broad SMARTS) is 1. The summed E-state index contributed by atoms with van der Waals surface area (Å²) < 4.78 is 0. The van der Waals surface area contributed by atoms with Crippen molar-refractivity contribution < 1.29 is 9.90 Å². The molecule has 4 fully saturated rings. The van der Waals surface area contributed by atoms with Crippen molar-refractivity contribution in [3.8, 4) is 0 Å². The second-order valence-corrected chi connectivity index (χ2v) is 9.87. The van der Waals surface area contributed by atoms with Crippen LogP contribution in [0.4, 0.5) is 0 Å². The van der Waals surface area contributed by atoms with E-state index in [9.17, 15) is 9.90 Å². The van der Waals surface area contributed by atoms with Gasteiger partial charge in [-0.05, 0) is 25.7 Å². The van der Waals surface area contributed by atoms with Gasteiger partial charge in [0.2, 0.25) is 5.66 Å². The van der Waals surface area contributed by atoms with E-state index in [-0.39, 0.29) is 6.17 Å². The van der Waals surface area contributed by atoms with Gasteiger partial charge in [-0.1, -0.05) is 53.4 Å². The van der Waals surface area contributed by atoms with Gasteiger partial charge in [0.1, 0.15) is 6.17 Å². The molecule has 4 aliphatic rings. The Morgan fingerprint density at radius 1 is 0.759 bits per heavy atom. The summed E-state index contributed by atoms with van der Waals surface area (Å²) in [5.74, 6) is -0.607. The van der Waals surface area contributed by atoms with Gasteiger partial charge in [0, 0.05) is 50.3 Å². The van der Waals surface area contributed by atoms with E-state index in [0.29, 0.717) is 24.2 Å². The van der Waals surface area contributed by atoms with Crippen molar-refractivity contribution in [3.05, 3.63) is 0 Å². The van der Waals surface area contributed by atoms with Gasteiger partial charge < -0.3 is 5.11 Å². The zero-order valence-electron chi connectivity index (χ0n) is 19.0. The first kappa shape index (κ1) is 21.5. The van der Waals surface area contributed by atoms with E-state index in [1.807, 2.05) is 0 Å². The van der Waals surface area contributed by atoms with E-state index in [1.165, 1.54) is 25.7 Å². The number of carboxylic acids is 1. The lowest BCUT2D eigenvalue weighted by Gasteiger charge is -2.43. The lowest BCUT2D eigenvalue weighted by molar-refractivity contribution is -0.165. The summed E-state index contributed by atoms with van der Waals surface area (Å²) in [7, 11) is 0. The Hall–Kier alpha value is -0.690. The van der Waals surface area contributed by atoms with E-state index < -0.39 is 11.6 Å². The molecular formula is C23H42N4O2. The van der Waals surface area contributed by atoms with Crippen molar-refractivity contribution in [2.45, 2.75) is 115 Å². The van der Waals surface area contributed by atoms with Crippen molar-refractivity contribution in [3.63, 3.8) is 0 Å². The van der Waals surface area contributed by atoms with Crippen LogP contribution in [0.5, 0.6) is 0 Å². The van der Waals surface area contributed by atoms with Gasteiger partial charge in [0.15, 0.2) is 0 Å². The van der Waals surface area contributed by atoms with Crippen molar-refractivity contribution >= 4 is 5.97 Å². The van der Waals surface area contributed by atoms with E-state index >= 15 is 0 Å². The van der Waals surface area contributed by atoms with E-state index in [1.54, 1.807) is 0 Å². The molecule has 8 unspecified atom stereocenters. The molecule has 8 atom stereocenters. The topological polar surface area (TPSA) is 49.3 Å². The van der Waals surface area contributed by atoms with E-state index in [2.05, 4.69) is 47.3 Å². The Labute approximate surface area is 177 Å². The van der Waals surface area contributed by atoms with Gasteiger partial charge in [-0.2, -0.15) is 0 Å². The Kier molecular flexibility index (Phi) is 6.27. The molecule has 4 rings (SSSR count). The van der Waals surface area contributed by atoms with Gasteiger partial charge in [-0.25, -0.2) is 4.79 Å². The number of hydrogen-bond acceptors (Lipinski definition) is 5. The molecule has 4 saturated heterocycles. The average molecular weight is 407 g/mol. The van der Waals surface area contributed by atoms with Crippen LogP contribution in [0.1, 0.15) is 79.1 Å². The first-order valence-corrected chi connectivity index (χ1v) is 12.3. The third-order valence-electron chi connectivity index (χ3n) is 7.61. The predicted molar refractivity (Wildman–Crippen MR) is 116 cm³/mol. The standard InChI is InChI=1S/C23H42N4O2/c1-5-9-17-13-24(17)21(25-14-18(25)10-6-2)23(22(28)29,26-15-19(26)11-7-3)27-16-20(27)12-8-4/h17-21H,5-16H2,1-4H3,(H,28,29). The minimum Gasteiger partial charge on any atom is -0.479 e. The minimum absolute atomic E-state index is 0.0109. The fraction of sp³-hybridized carbons (Fsp3) is 0.957. The van der Waals surface area contributed by atoms with Crippen LogP contribution in [-0.4, -0.2) is 92.9 Å². The molecule has 4 heterocycles. The Balaban J connectivity index is 1.66. The van der Waals surface area contributed by atoms with Crippen LogP contribution in [0, 0.1) is 0 Å². The number of nitrogens with zero attached hydrogens (tertiary/aromatic N) is 4. The number of hydrogen-bond donors (Lipinski definition) is 1. The summed E-state index contributed by atoms with van der Waals surface area (Å²) in [5, 5.41) is 10.8. The fourth-order valence-electron chi connectivity index (χ4n) is 6.00. The molecule has 0 bridgehead atoms. The summed E-state index contributed by atoms with van der Waals surface area (Å²) >= 11 is 0. The van der Waals surface area contributed by atoms with Crippen molar-refractivity contribution in [1.29, 1.82) is 0 Å². The molecule has 1 N–H and O–H groups in total. The smallest absolute Gasteiger partial charge is 0.342 e. The number of carbonyl (C=O) groups is 1. The molecule has 4 aliphatic heterocycles. The van der Waals surface area contributed by atoms with Crippen LogP contribution >= 0.6 is 0 Å². The second-order valence-electron chi connectivity index (χ2n) is 9.87. The van der Waals surface area contributed by atoms with Crippen molar-refractivity contribution in [2.75, 3.05) is 26.2 Å². The highest BCUT2D eigenvalue weighted by atomic mass is 16.4. The molecule has 0 aromatic carbocycles. The zero-order chi connectivity index (χ0) is 20.8. The third-order valence-corrected chi connectivity index (χ3v) is 7.61. The zero-order valence-corrected chi connectivity index (χ0v) is 19.0. The first-order chi connectivity index (χ1) is 14.0. The average Bonchev–Trinajstić information content (AvgIpc) is 3.49. The largest absolute Gasteiger partial charge is 0.479 e. The van der Waals surface area contributed by atoms with Gasteiger partial charge in [-0.15, -0.1) is 0 Å². The molecule has 6 nitrogen and oxygen atoms in total. The summed E-state index contributed by atoms with van der Waals surface area (Å²) in [6, 6.07) is 2.02. The molecule has 0 aromatic rings. The van der Waals surface area contributed by atoms with Crippen LogP contribution < -0.4 is 0 Å². The molecular weight excluding hydrogens is 364 g/mol. The molecule has 0 spiro atoms. The molecule has 6 heteroatoms. The molecule has 0 saturated carbocycles. The Morgan fingerprint density at radius 3 is 1.48 bits per heavy atom. The first-order valence-electron chi connectivity index (χ1n) is 12.3. The van der Waals surface area contributed by atoms with Crippen LogP contribution in [0.15, 0.2) is 0 Å². The van der Waals surface area contributed by atoms with Crippen LogP contribution in [-0.2, 0) is 4.79 Å². The monoisotopic (exact) mass is 406 g/mol. The Morgan fingerprint density at radius 2 is 1.14 bits per heavy atom. The maximum Gasteiger partial charge on any atom is 0.342 e. The maximum atomic E-state index is 13.2. The van der Waals surface area contributed by atoms with Gasteiger partial charge >= 0.3 is 5.97 Å². The molecule has 29 heavy (non-hydrogen) atoms. The predicted octanol–water partition coefficient (Wildman–Crippen LogP) is 3.03. The second kappa shape index (κ2) is 8.45. The highest BCUT2D eigenvalue weighted by Gasteiger charge is 2.72. The molecule has 0 aromatic heterocycles. The summed E-state index contributed by atoms with van der Waals surface area (Å²) in [5.41, 5.74) is -0.856. The highest BCUT2D eigenvalue weighted by Crippen LogP contribution is 2.51. The van der Waals surface area contributed by atoms with Crippen molar-refractivity contribution in [1.82, 2.24) is 19.6 Å². The van der Waals surface area contributed by atoms with E-state index in [4.69, 9.17) is 0 Å². The molecule has 0 aliphatic carbocycles. The highest BCUT2D eigenvalue weighted by molar-refractivity contribution is 5.81. The summed E-state index contributed by atoms with van der Waals surface area (Å²) in [4.78, 5) is 23.0. The summed E-state index contributed by atoms with van der Waals surface area (Å²) in [6.45, 7) is 13.0. The minimum atomic E-state index is -0.856.